The molecule has 15 heavy (non-hydrogen) atoms. The molecular weight excluding hydrogens is 190 g/mol. The number of rotatable bonds is 5. The summed E-state index contributed by atoms with van der Waals surface area (Å²) in [5.74, 6) is 0.708. The molecule has 0 aliphatic rings. The van der Waals surface area contributed by atoms with Crippen molar-refractivity contribution < 1.29 is 0 Å². The molecule has 1 aromatic heterocycles. The Morgan fingerprint density at radius 1 is 1.53 bits per heavy atom. The topological polar surface area (TPSA) is 66.5 Å². The Bertz CT molecular complexity index is 336. The second-order valence-corrected chi connectivity index (χ2v) is 4.07. The monoisotopic (exact) mass is 207 g/mol. The van der Waals surface area contributed by atoms with Gasteiger partial charge in [0.05, 0.1) is 0 Å². The number of nitriles is 1. The normalized spacial score (nSPS) is 12.7. The SMILES string of the molecule is CC(CNC(C)C)Cn1cnc(C#N)n1. The van der Waals surface area contributed by atoms with Crippen LogP contribution in [0.4, 0.5) is 0 Å². The maximum absolute atomic E-state index is 8.56. The van der Waals surface area contributed by atoms with E-state index in [4.69, 9.17) is 5.26 Å². The summed E-state index contributed by atoms with van der Waals surface area (Å²) in [4.78, 5) is 3.85. The first-order chi connectivity index (χ1) is 7.11. The first kappa shape index (κ1) is 11.7. The minimum atomic E-state index is 0.235. The molecule has 1 heterocycles. The van der Waals surface area contributed by atoms with Crippen molar-refractivity contribution in [3.8, 4) is 6.07 Å². The van der Waals surface area contributed by atoms with Crippen molar-refractivity contribution in [3.63, 3.8) is 0 Å². The van der Waals surface area contributed by atoms with Crippen LogP contribution in [-0.2, 0) is 6.54 Å². The lowest BCUT2D eigenvalue weighted by atomic mass is 10.2. The van der Waals surface area contributed by atoms with Gasteiger partial charge >= 0.3 is 0 Å². The molecule has 1 aromatic rings. The molecule has 0 bridgehead atoms. The number of nitrogens with zero attached hydrogens (tertiary/aromatic N) is 4. The van der Waals surface area contributed by atoms with Crippen LogP contribution in [0.2, 0.25) is 0 Å². The second kappa shape index (κ2) is 5.47. The fourth-order valence-corrected chi connectivity index (χ4v) is 1.25. The Kier molecular flexibility index (Phi) is 4.25. The fraction of sp³-hybridized carbons (Fsp3) is 0.700. The van der Waals surface area contributed by atoms with Gasteiger partial charge in [-0.15, -0.1) is 5.10 Å². The summed E-state index contributed by atoms with van der Waals surface area (Å²) < 4.78 is 1.71. The van der Waals surface area contributed by atoms with Gasteiger partial charge in [-0.2, -0.15) is 5.26 Å². The molecular formula is C10H17N5. The van der Waals surface area contributed by atoms with Gasteiger partial charge in [-0.3, -0.25) is 4.68 Å². The molecule has 0 aromatic carbocycles. The van der Waals surface area contributed by atoms with E-state index in [0.717, 1.165) is 13.1 Å². The van der Waals surface area contributed by atoms with Gasteiger partial charge in [0.1, 0.15) is 12.4 Å². The zero-order valence-corrected chi connectivity index (χ0v) is 9.44. The van der Waals surface area contributed by atoms with Gasteiger partial charge in [0.2, 0.25) is 0 Å². The first-order valence-corrected chi connectivity index (χ1v) is 5.14. The van der Waals surface area contributed by atoms with Gasteiger partial charge in [0.25, 0.3) is 5.82 Å². The summed E-state index contributed by atoms with van der Waals surface area (Å²) in [5.41, 5.74) is 0. The molecule has 0 saturated heterocycles. The third-order valence-electron chi connectivity index (χ3n) is 2.01. The Hall–Kier alpha value is -1.41. The molecule has 82 valence electrons. The maximum atomic E-state index is 8.56. The third kappa shape index (κ3) is 4.09. The predicted octanol–water partition coefficient (Wildman–Crippen LogP) is 0.784. The van der Waals surface area contributed by atoms with Gasteiger partial charge in [0, 0.05) is 12.6 Å². The van der Waals surface area contributed by atoms with E-state index in [0.29, 0.717) is 12.0 Å². The highest BCUT2D eigenvalue weighted by Crippen LogP contribution is 1.98. The number of nitrogens with one attached hydrogen (secondary N) is 1. The molecule has 0 radical (unpaired) electrons. The standard InChI is InChI=1S/C10H17N5/c1-8(2)12-5-9(3)6-15-7-13-10(4-11)14-15/h7-9,12H,5-6H2,1-3H3. The Morgan fingerprint density at radius 3 is 2.80 bits per heavy atom. The fourth-order valence-electron chi connectivity index (χ4n) is 1.25. The molecule has 5 heteroatoms. The highest BCUT2D eigenvalue weighted by Gasteiger charge is 2.06. The average Bonchev–Trinajstić information content (AvgIpc) is 2.62. The number of hydrogen-bond donors (Lipinski definition) is 1. The molecule has 0 spiro atoms. The number of hydrogen-bond acceptors (Lipinski definition) is 4. The van der Waals surface area contributed by atoms with E-state index in [2.05, 4.69) is 36.2 Å². The maximum Gasteiger partial charge on any atom is 0.252 e. The van der Waals surface area contributed by atoms with Crippen molar-refractivity contribution in [3.05, 3.63) is 12.2 Å². The lowest BCUT2D eigenvalue weighted by Gasteiger charge is -2.14. The van der Waals surface area contributed by atoms with E-state index in [1.165, 1.54) is 0 Å². The van der Waals surface area contributed by atoms with Gasteiger partial charge < -0.3 is 5.32 Å². The van der Waals surface area contributed by atoms with E-state index in [1.807, 2.05) is 6.07 Å². The van der Waals surface area contributed by atoms with E-state index in [9.17, 15) is 0 Å². The molecule has 0 saturated carbocycles. The summed E-state index contributed by atoms with van der Waals surface area (Å²) in [7, 11) is 0. The predicted molar refractivity (Wildman–Crippen MR) is 57.0 cm³/mol. The molecule has 1 unspecified atom stereocenters. The Balaban J connectivity index is 2.38. The quantitative estimate of drug-likeness (QED) is 0.775. The Morgan fingerprint density at radius 2 is 2.27 bits per heavy atom. The summed E-state index contributed by atoms with van der Waals surface area (Å²) in [6.45, 7) is 8.11. The van der Waals surface area contributed by atoms with Crippen LogP contribution in [0.25, 0.3) is 0 Å². The smallest absolute Gasteiger partial charge is 0.252 e. The molecule has 1 N–H and O–H groups in total. The van der Waals surface area contributed by atoms with Crippen molar-refractivity contribution in [1.29, 1.82) is 5.26 Å². The molecule has 5 nitrogen and oxygen atoms in total. The van der Waals surface area contributed by atoms with E-state index >= 15 is 0 Å². The minimum absolute atomic E-state index is 0.235. The van der Waals surface area contributed by atoms with Crippen LogP contribution in [0.1, 0.15) is 26.6 Å². The summed E-state index contributed by atoms with van der Waals surface area (Å²) >= 11 is 0. The van der Waals surface area contributed by atoms with Gasteiger partial charge in [0.15, 0.2) is 0 Å². The van der Waals surface area contributed by atoms with Crippen molar-refractivity contribution in [2.24, 2.45) is 5.92 Å². The van der Waals surface area contributed by atoms with Crippen LogP contribution in [0.5, 0.6) is 0 Å². The van der Waals surface area contributed by atoms with Crippen LogP contribution >= 0.6 is 0 Å². The third-order valence-corrected chi connectivity index (χ3v) is 2.01. The summed E-state index contributed by atoms with van der Waals surface area (Å²) in [6.07, 6.45) is 1.60. The highest BCUT2D eigenvalue weighted by molar-refractivity contribution is 5.05. The zero-order valence-electron chi connectivity index (χ0n) is 9.44. The van der Waals surface area contributed by atoms with E-state index in [-0.39, 0.29) is 5.82 Å². The highest BCUT2D eigenvalue weighted by atomic mass is 15.3. The molecule has 1 atom stereocenters. The lowest BCUT2D eigenvalue weighted by molar-refractivity contribution is 0.406. The first-order valence-electron chi connectivity index (χ1n) is 5.14. The van der Waals surface area contributed by atoms with Crippen LogP contribution in [0.3, 0.4) is 0 Å². The van der Waals surface area contributed by atoms with Crippen LogP contribution < -0.4 is 5.32 Å². The van der Waals surface area contributed by atoms with Crippen LogP contribution in [-0.4, -0.2) is 27.4 Å². The van der Waals surface area contributed by atoms with Crippen molar-refractivity contribution >= 4 is 0 Å². The van der Waals surface area contributed by atoms with Gasteiger partial charge in [-0.05, 0) is 12.5 Å². The molecule has 1 rings (SSSR count). The Labute approximate surface area is 90.1 Å². The van der Waals surface area contributed by atoms with Crippen molar-refractivity contribution in [2.45, 2.75) is 33.4 Å². The molecule has 0 aliphatic heterocycles. The largest absolute Gasteiger partial charge is 0.314 e. The van der Waals surface area contributed by atoms with Gasteiger partial charge in [-0.25, -0.2) is 4.98 Å². The van der Waals surface area contributed by atoms with Crippen molar-refractivity contribution in [2.75, 3.05) is 6.54 Å². The summed E-state index contributed by atoms with van der Waals surface area (Å²) in [5, 5.41) is 15.9. The van der Waals surface area contributed by atoms with E-state index in [1.54, 1.807) is 11.0 Å². The molecule has 0 amide bonds. The summed E-state index contributed by atoms with van der Waals surface area (Å²) in [6, 6.07) is 2.41. The lowest BCUT2D eigenvalue weighted by Crippen LogP contribution is -2.29. The molecule has 0 fully saturated rings. The number of aromatic nitrogens is 3. The van der Waals surface area contributed by atoms with Crippen LogP contribution in [0.15, 0.2) is 6.33 Å². The minimum Gasteiger partial charge on any atom is -0.314 e. The van der Waals surface area contributed by atoms with Crippen LogP contribution in [0, 0.1) is 17.2 Å². The van der Waals surface area contributed by atoms with Crippen molar-refractivity contribution in [1.82, 2.24) is 20.1 Å². The zero-order chi connectivity index (χ0) is 11.3. The van der Waals surface area contributed by atoms with Gasteiger partial charge in [-0.1, -0.05) is 20.8 Å². The second-order valence-electron chi connectivity index (χ2n) is 4.07. The van der Waals surface area contributed by atoms with E-state index < -0.39 is 0 Å². The molecule has 0 aliphatic carbocycles. The average molecular weight is 207 g/mol.